The highest BCUT2D eigenvalue weighted by Crippen LogP contribution is 2.32. The van der Waals surface area contributed by atoms with Gasteiger partial charge in [-0.25, -0.2) is 0 Å². The number of ketones is 1. The fourth-order valence-corrected chi connectivity index (χ4v) is 8.36. The number of carbonyl (C=O) groups is 1. The van der Waals surface area contributed by atoms with Crippen molar-refractivity contribution in [3.05, 3.63) is 143 Å². The van der Waals surface area contributed by atoms with Gasteiger partial charge in [-0.1, -0.05) is 117 Å². The summed E-state index contributed by atoms with van der Waals surface area (Å²) in [5.74, 6) is 0.119. The van der Waals surface area contributed by atoms with Gasteiger partial charge < -0.3 is 5.11 Å². The zero-order valence-electron chi connectivity index (χ0n) is 34.0. The van der Waals surface area contributed by atoms with Crippen LogP contribution < -0.4 is 0 Å². The van der Waals surface area contributed by atoms with E-state index in [0.29, 0.717) is 6.42 Å². The maximum absolute atomic E-state index is 11.1. The summed E-state index contributed by atoms with van der Waals surface area (Å²) in [7, 11) is 0. The first kappa shape index (κ1) is 40.6. The molecule has 1 N–H and O–H groups in total. The third kappa shape index (κ3) is 11.7. The molecule has 2 aromatic heterocycles. The molecule has 4 nitrogen and oxygen atoms in total. The van der Waals surface area contributed by atoms with Crippen LogP contribution in [0.5, 0.6) is 0 Å². The molecule has 4 aromatic carbocycles. The van der Waals surface area contributed by atoms with Crippen molar-refractivity contribution in [3.8, 4) is 22.5 Å². The highest BCUT2D eigenvalue weighted by atomic mass is 16.3. The lowest BCUT2D eigenvalue weighted by Crippen LogP contribution is -1.94. The summed E-state index contributed by atoms with van der Waals surface area (Å²) in [6, 6.07) is 33.5. The molecule has 4 heteroatoms. The summed E-state index contributed by atoms with van der Waals surface area (Å²) in [6.07, 6.45) is 23.4. The minimum absolute atomic E-state index is 0.0912. The van der Waals surface area contributed by atoms with Gasteiger partial charge in [0.25, 0.3) is 0 Å². The van der Waals surface area contributed by atoms with Gasteiger partial charge in [-0.05, 0) is 130 Å². The molecular weight excluding hydrogens is 685 g/mol. The first-order valence-corrected chi connectivity index (χ1v) is 21.2. The maximum atomic E-state index is 11.1. The summed E-state index contributed by atoms with van der Waals surface area (Å²) in [5, 5.41) is 14.8. The second-order valence-electron chi connectivity index (χ2n) is 16.0. The largest absolute Gasteiger partial charge is 0.512 e. The number of unbranched alkanes of at least 4 members (excludes halogenated alkanes) is 10. The molecule has 0 spiro atoms. The van der Waals surface area contributed by atoms with Gasteiger partial charge in [0, 0.05) is 46.8 Å². The summed E-state index contributed by atoms with van der Waals surface area (Å²) < 4.78 is 0. The van der Waals surface area contributed by atoms with Crippen LogP contribution in [0.3, 0.4) is 0 Å². The Bertz CT molecular complexity index is 2250. The van der Waals surface area contributed by atoms with Gasteiger partial charge in [-0.15, -0.1) is 0 Å². The normalized spacial score (nSPS) is 11.8. The lowest BCUT2D eigenvalue weighted by atomic mass is 9.94. The standard InChI is InChI=1S/C52H60N2O2/c1-38-31-41(36-45(33-38)51-49-25-17-16-22-44(49)27-29-53-51)19-12-8-4-5-9-13-20-42-32-39(2)34-46(37-42)52-50-26-18-23-43(48(50)28-30-54-52)21-14-10-6-7-11-15-24-47(56)35-40(3)55/h16-18,22-23,25-37,56H,4-15,19-21,24H2,1-3H3. The van der Waals surface area contributed by atoms with Gasteiger partial charge in [0.15, 0.2) is 5.78 Å². The second-order valence-corrected chi connectivity index (χ2v) is 16.0. The SMILES string of the molecule is CC(=O)C=C(O)CCCCCCCCc1cccc2c(-c3cc(C)cc(CCCCCCCCc4cc(C)cc(-c5nccc6ccccc56)c4)c3)nccc12. The van der Waals surface area contributed by atoms with Crippen molar-refractivity contribution in [2.24, 2.45) is 0 Å². The third-order valence-electron chi connectivity index (χ3n) is 11.1. The molecule has 0 aliphatic carbocycles. The van der Waals surface area contributed by atoms with Crippen LogP contribution in [0.4, 0.5) is 0 Å². The zero-order valence-corrected chi connectivity index (χ0v) is 34.0. The molecule has 6 rings (SSSR count). The van der Waals surface area contributed by atoms with Gasteiger partial charge in [0.1, 0.15) is 0 Å². The van der Waals surface area contributed by atoms with E-state index in [0.717, 1.165) is 49.9 Å². The monoisotopic (exact) mass is 744 g/mol. The Labute approximate surface area is 335 Å². The van der Waals surface area contributed by atoms with Gasteiger partial charge in [-0.2, -0.15) is 0 Å². The smallest absolute Gasteiger partial charge is 0.155 e. The summed E-state index contributed by atoms with van der Waals surface area (Å²) in [6.45, 7) is 5.89. The highest BCUT2D eigenvalue weighted by Gasteiger charge is 2.11. The number of aryl methyl sites for hydroxylation is 5. The maximum Gasteiger partial charge on any atom is 0.155 e. The Hall–Kier alpha value is -5.09. The highest BCUT2D eigenvalue weighted by molar-refractivity contribution is 5.97. The average molecular weight is 745 g/mol. The summed E-state index contributed by atoms with van der Waals surface area (Å²) in [5.41, 5.74) is 11.5. The third-order valence-corrected chi connectivity index (χ3v) is 11.1. The number of nitrogens with zero attached hydrogens (tertiary/aromatic N) is 2. The molecule has 290 valence electrons. The molecule has 0 saturated carbocycles. The van der Waals surface area contributed by atoms with Gasteiger partial charge >= 0.3 is 0 Å². The van der Waals surface area contributed by atoms with Crippen molar-refractivity contribution in [3.63, 3.8) is 0 Å². The molecule has 2 heterocycles. The van der Waals surface area contributed by atoms with Crippen molar-refractivity contribution in [1.29, 1.82) is 0 Å². The van der Waals surface area contributed by atoms with Crippen molar-refractivity contribution >= 4 is 27.3 Å². The lowest BCUT2D eigenvalue weighted by Gasteiger charge is -2.12. The van der Waals surface area contributed by atoms with Crippen LogP contribution in [0.15, 0.2) is 115 Å². The van der Waals surface area contributed by atoms with Crippen molar-refractivity contribution < 1.29 is 9.90 Å². The van der Waals surface area contributed by atoms with E-state index in [-0.39, 0.29) is 11.5 Å². The number of aliphatic hydroxyl groups excluding tert-OH is 1. The van der Waals surface area contributed by atoms with Crippen LogP contribution in [-0.2, 0) is 24.1 Å². The number of allylic oxidation sites excluding steroid dienone is 2. The van der Waals surface area contributed by atoms with Crippen LogP contribution in [0.25, 0.3) is 44.1 Å². The second kappa shape index (κ2) is 20.7. The number of aromatic nitrogens is 2. The molecule has 0 amide bonds. The van der Waals surface area contributed by atoms with Gasteiger partial charge in [0.05, 0.1) is 17.1 Å². The number of pyridine rings is 2. The van der Waals surface area contributed by atoms with E-state index < -0.39 is 0 Å². The first-order chi connectivity index (χ1) is 27.3. The summed E-state index contributed by atoms with van der Waals surface area (Å²) in [4.78, 5) is 20.8. The predicted molar refractivity (Wildman–Crippen MR) is 236 cm³/mol. The molecule has 0 atom stereocenters. The molecule has 6 aromatic rings. The molecule has 0 aliphatic rings. The van der Waals surface area contributed by atoms with Crippen LogP contribution in [0.1, 0.15) is 118 Å². The molecule has 0 unspecified atom stereocenters. The Balaban J connectivity index is 0.942. The van der Waals surface area contributed by atoms with Crippen LogP contribution in [0.2, 0.25) is 0 Å². The molecule has 0 radical (unpaired) electrons. The van der Waals surface area contributed by atoms with Crippen molar-refractivity contribution in [1.82, 2.24) is 9.97 Å². The molecule has 0 saturated heterocycles. The van der Waals surface area contributed by atoms with Crippen molar-refractivity contribution in [2.45, 2.75) is 124 Å². The van der Waals surface area contributed by atoms with E-state index >= 15 is 0 Å². The first-order valence-electron chi connectivity index (χ1n) is 21.2. The van der Waals surface area contributed by atoms with E-state index in [4.69, 9.17) is 9.97 Å². The molecular formula is C52H60N2O2. The average Bonchev–Trinajstić information content (AvgIpc) is 3.18. The molecule has 0 bridgehead atoms. The van der Waals surface area contributed by atoms with Gasteiger partial charge in [0.2, 0.25) is 0 Å². The fraction of sp³-hybridized carbons (Fsp3) is 0.365. The Kier molecular flexibility index (Phi) is 15.0. The molecule has 0 fully saturated rings. The van der Waals surface area contributed by atoms with Crippen LogP contribution >= 0.6 is 0 Å². The quantitative estimate of drug-likeness (QED) is 0.0453. The van der Waals surface area contributed by atoms with E-state index in [2.05, 4.69) is 105 Å². The lowest BCUT2D eigenvalue weighted by molar-refractivity contribution is -0.112. The van der Waals surface area contributed by atoms with Crippen molar-refractivity contribution in [2.75, 3.05) is 0 Å². The number of carbonyl (C=O) groups excluding carboxylic acids is 1. The van der Waals surface area contributed by atoms with E-state index in [1.807, 2.05) is 12.4 Å². The van der Waals surface area contributed by atoms with E-state index in [1.54, 1.807) is 0 Å². The van der Waals surface area contributed by atoms with E-state index in [1.165, 1.54) is 131 Å². The Morgan fingerprint density at radius 1 is 0.554 bits per heavy atom. The molecule has 0 aliphatic heterocycles. The minimum atomic E-state index is -0.0912. The molecule has 56 heavy (non-hydrogen) atoms. The Morgan fingerprint density at radius 2 is 1.09 bits per heavy atom. The van der Waals surface area contributed by atoms with Crippen LogP contribution in [0, 0.1) is 13.8 Å². The zero-order chi connectivity index (χ0) is 39.1. The number of hydrogen-bond donors (Lipinski definition) is 1. The number of fused-ring (bicyclic) bond motifs is 2. The Morgan fingerprint density at radius 3 is 1.73 bits per heavy atom. The fourth-order valence-electron chi connectivity index (χ4n) is 8.36. The number of hydrogen-bond acceptors (Lipinski definition) is 4. The van der Waals surface area contributed by atoms with E-state index in [9.17, 15) is 9.90 Å². The topological polar surface area (TPSA) is 63.1 Å². The minimum Gasteiger partial charge on any atom is -0.512 e. The predicted octanol–water partition coefficient (Wildman–Crippen LogP) is 14.2. The summed E-state index contributed by atoms with van der Waals surface area (Å²) >= 11 is 0. The van der Waals surface area contributed by atoms with Crippen LogP contribution in [-0.4, -0.2) is 20.9 Å². The number of rotatable bonds is 21. The number of benzene rings is 4. The van der Waals surface area contributed by atoms with Gasteiger partial charge in [-0.3, -0.25) is 14.8 Å². The number of aliphatic hydroxyl groups is 1.